The summed E-state index contributed by atoms with van der Waals surface area (Å²) in [5.41, 5.74) is 3.05. The molecule has 2 heterocycles. The summed E-state index contributed by atoms with van der Waals surface area (Å²) in [5, 5.41) is 0.678. The van der Waals surface area contributed by atoms with Crippen LogP contribution in [0.4, 0.5) is 0 Å². The van der Waals surface area contributed by atoms with Crippen molar-refractivity contribution in [3.05, 3.63) is 21.7 Å². The van der Waals surface area contributed by atoms with Gasteiger partial charge in [0.15, 0.2) is 0 Å². The van der Waals surface area contributed by atoms with Crippen molar-refractivity contribution in [2.75, 3.05) is 13.2 Å². The second kappa shape index (κ2) is 3.91. The molecule has 0 saturated carbocycles. The molecule has 0 atom stereocenters. The predicted molar refractivity (Wildman–Crippen MR) is 64.2 cm³/mol. The van der Waals surface area contributed by atoms with Crippen LogP contribution in [0.5, 0.6) is 11.5 Å². The van der Waals surface area contributed by atoms with E-state index in [1.807, 2.05) is 0 Å². The zero-order chi connectivity index (χ0) is 12.0. The van der Waals surface area contributed by atoms with Gasteiger partial charge in [0.05, 0.1) is 18.2 Å². The monoisotopic (exact) mass is 252 g/mol. The Morgan fingerprint density at radius 1 is 1.18 bits per heavy atom. The zero-order valence-corrected chi connectivity index (χ0v) is 10.4. The van der Waals surface area contributed by atoms with Gasteiger partial charge in [-0.05, 0) is 6.92 Å². The maximum Gasteiger partial charge on any atom is 0.142 e. The van der Waals surface area contributed by atoms with Gasteiger partial charge >= 0.3 is 0 Å². The van der Waals surface area contributed by atoms with E-state index in [9.17, 15) is 4.79 Å². The minimum absolute atomic E-state index is 0.138. The van der Waals surface area contributed by atoms with E-state index >= 15 is 0 Å². The first kappa shape index (κ1) is 10.9. The topological polar surface area (TPSA) is 35.5 Å². The summed E-state index contributed by atoms with van der Waals surface area (Å²) in [6.07, 6.45) is 2.02. The number of Topliss-reactive ketones (excluding diaryl/α,β-unsaturated/α-hetero) is 1. The second-order valence-corrected chi connectivity index (χ2v) is 4.86. The van der Waals surface area contributed by atoms with Gasteiger partial charge in [0.1, 0.15) is 17.3 Å². The molecule has 90 valence electrons. The van der Waals surface area contributed by atoms with Gasteiger partial charge in [0.25, 0.3) is 0 Å². The maximum absolute atomic E-state index is 11.4. The Hall–Kier alpha value is -1.22. The first-order valence-electron chi connectivity index (χ1n) is 5.79. The van der Waals surface area contributed by atoms with Crippen LogP contribution in [0.2, 0.25) is 5.02 Å². The highest BCUT2D eigenvalue weighted by Gasteiger charge is 2.30. The Kier molecular flexibility index (Phi) is 2.51. The molecule has 3 rings (SSSR count). The van der Waals surface area contributed by atoms with Gasteiger partial charge in [-0.3, -0.25) is 4.79 Å². The Morgan fingerprint density at radius 3 is 2.53 bits per heavy atom. The molecule has 0 aromatic heterocycles. The van der Waals surface area contributed by atoms with Crippen molar-refractivity contribution in [3.63, 3.8) is 0 Å². The number of fused-ring (bicyclic) bond motifs is 2. The average molecular weight is 253 g/mol. The quantitative estimate of drug-likeness (QED) is 0.811. The first-order valence-corrected chi connectivity index (χ1v) is 6.17. The lowest BCUT2D eigenvalue weighted by Gasteiger charge is -2.13. The SMILES string of the molecule is CC(=O)Cc1c2c(c(Cl)c3c1OCC3)OCC2. The number of hydrogen-bond acceptors (Lipinski definition) is 3. The molecule has 0 spiro atoms. The Labute approximate surface area is 105 Å². The zero-order valence-electron chi connectivity index (χ0n) is 9.64. The molecule has 4 heteroatoms. The van der Waals surface area contributed by atoms with Crippen LogP contribution >= 0.6 is 11.6 Å². The highest BCUT2D eigenvalue weighted by Crippen LogP contribution is 2.47. The predicted octanol–water partition coefficient (Wildman–Crippen LogP) is 2.34. The number of benzene rings is 1. The molecule has 0 amide bonds. The smallest absolute Gasteiger partial charge is 0.142 e. The summed E-state index contributed by atoms with van der Waals surface area (Å²) >= 11 is 6.32. The number of rotatable bonds is 2. The minimum Gasteiger partial charge on any atom is -0.493 e. The summed E-state index contributed by atoms with van der Waals surface area (Å²) < 4.78 is 11.2. The number of halogens is 1. The summed E-state index contributed by atoms with van der Waals surface area (Å²) in [4.78, 5) is 11.4. The standard InChI is InChI=1S/C13H13ClO3/c1-7(15)6-10-8-2-4-17-13(8)11(14)9-3-5-16-12(9)10/h2-6H2,1H3. The third kappa shape index (κ3) is 1.61. The number of ether oxygens (including phenoxy) is 2. The summed E-state index contributed by atoms with van der Waals surface area (Å²) in [7, 11) is 0. The van der Waals surface area contributed by atoms with Crippen LogP contribution in [0.1, 0.15) is 23.6 Å². The van der Waals surface area contributed by atoms with Crippen molar-refractivity contribution in [1.29, 1.82) is 0 Å². The molecular weight excluding hydrogens is 240 g/mol. The van der Waals surface area contributed by atoms with E-state index in [1.165, 1.54) is 0 Å². The Bertz CT molecular complexity index is 473. The van der Waals surface area contributed by atoms with Crippen molar-refractivity contribution in [1.82, 2.24) is 0 Å². The van der Waals surface area contributed by atoms with E-state index in [4.69, 9.17) is 21.1 Å². The van der Waals surface area contributed by atoms with Crippen LogP contribution in [0.15, 0.2) is 0 Å². The molecule has 0 radical (unpaired) electrons. The van der Waals surface area contributed by atoms with Gasteiger partial charge in [-0.2, -0.15) is 0 Å². The molecule has 1 aromatic carbocycles. The van der Waals surface area contributed by atoms with Gasteiger partial charge in [-0.25, -0.2) is 0 Å². The lowest BCUT2D eigenvalue weighted by Crippen LogP contribution is -2.03. The molecule has 2 aliphatic heterocycles. The van der Waals surface area contributed by atoms with Crippen LogP contribution in [-0.2, 0) is 24.1 Å². The van der Waals surface area contributed by atoms with E-state index in [0.29, 0.717) is 24.7 Å². The van der Waals surface area contributed by atoms with Gasteiger partial charge in [-0.1, -0.05) is 11.6 Å². The fourth-order valence-corrected chi connectivity index (χ4v) is 2.93. The minimum atomic E-state index is 0.138. The molecule has 0 unspecified atom stereocenters. The van der Waals surface area contributed by atoms with E-state index in [-0.39, 0.29) is 5.78 Å². The van der Waals surface area contributed by atoms with Crippen molar-refractivity contribution in [2.24, 2.45) is 0 Å². The number of ketones is 1. The maximum atomic E-state index is 11.4. The number of hydrogen-bond donors (Lipinski definition) is 0. The summed E-state index contributed by atoms with van der Waals surface area (Å²) in [5.74, 6) is 1.74. The molecule has 0 saturated heterocycles. The molecule has 0 fully saturated rings. The highest BCUT2D eigenvalue weighted by molar-refractivity contribution is 6.33. The fraction of sp³-hybridized carbons (Fsp3) is 0.462. The Balaban J connectivity index is 2.22. The van der Waals surface area contributed by atoms with E-state index in [0.717, 1.165) is 41.0 Å². The van der Waals surface area contributed by atoms with Crippen molar-refractivity contribution < 1.29 is 14.3 Å². The molecule has 0 aliphatic carbocycles. The molecule has 0 bridgehead atoms. The lowest BCUT2D eigenvalue weighted by atomic mass is 9.96. The van der Waals surface area contributed by atoms with Crippen molar-refractivity contribution in [3.8, 4) is 11.5 Å². The third-order valence-corrected chi connectivity index (χ3v) is 3.67. The lowest BCUT2D eigenvalue weighted by molar-refractivity contribution is -0.116. The molecule has 0 N–H and O–H groups in total. The van der Waals surface area contributed by atoms with Crippen molar-refractivity contribution in [2.45, 2.75) is 26.2 Å². The van der Waals surface area contributed by atoms with Gasteiger partial charge in [0, 0.05) is 36.0 Å². The van der Waals surface area contributed by atoms with E-state index in [2.05, 4.69) is 0 Å². The van der Waals surface area contributed by atoms with Crippen LogP contribution in [0.3, 0.4) is 0 Å². The molecule has 1 aromatic rings. The normalized spacial score (nSPS) is 16.1. The summed E-state index contributed by atoms with van der Waals surface area (Å²) in [6, 6.07) is 0. The molecule has 2 aliphatic rings. The molecule has 3 nitrogen and oxygen atoms in total. The fourth-order valence-electron chi connectivity index (χ4n) is 2.58. The second-order valence-electron chi connectivity index (χ2n) is 4.48. The van der Waals surface area contributed by atoms with Crippen LogP contribution < -0.4 is 9.47 Å². The number of carbonyl (C=O) groups is 1. The van der Waals surface area contributed by atoms with Crippen LogP contribution in [-0.4, -0.2) is 19.0 Å². The largest absolute Gasteiger partial charge is 0.493 e. The number of carbonyl (C=O) groups excluding carboxylic acids is 1. The summed E-state index contributed by atoms with van der Waals surface area (Å²) in [6.45, 7) is 2.88. The third-order valence-electron chi connectivity index (χ3n) is 3.27. The van der Waals surface area contributed by atoms with Gasteiger partial charge in [0.2, 0.25) is 0 Å². The van der Waals surface area contributed by atoms with E-state index < -0.39 is 0 Å². The highest BCUT2D eigenvalue weighted by atomic mass is 35.5. The van der Waals surface area contributed by atoms with Crippen LogP contribution in [0, 0.1) is 0 Å². The van der Waals surface area contributed by atoms with Crippen molar-refractivity contribution >= 4 is 17.4 Å². The van der Waals surface area contributed by atoms with Crippen LogP contribution in [0.25, 0.3) is 0 Å². The molecule has 17 heavy (non-hydrogen) atoms. The van der Waals surface area contributed by atoms with E-state index in [1.54, 1.807) is 6.92 Å². The Morgan fingerprint density at radius 2 is 1.82 bits per heavy atom. The van der Waals surface area contributed by atoms with Gasteiger partial charge in [-0.15, -0.1) is 0 Å². The molecular formula is C13H13ClO3. The first-order chi connectivity index (χ1) is 8.18. The average Bonchev–Trinajstić information content (AvgIpc) is 2.92. The van der Waals surface area contributed by atoms with Gasteiger partial charge < -0.3 is 9.47 Å².